The molecule has 4 heterocycles. The van der Waals surface area contributed by atoms with E-state index in [1.165, 1.54) is 34.6 Å². The van der Waals surface area contributed by atoms with E-state index in [-0.39, 0.29) is 17.9 Å². The number of aryl methyl sites for hydroxylation is 1. The number of rotatable bonds is 5. The molecule has 11 heteroatoms. The first-order valence-corrected chi connectivity index (χ1v) is 11.3. The average molecular weight is 423 g/mol. The molecule has 2 aliphatic rings. The lowest BCUT2D eigenvalue weighted by molar-refractivity contribution is -0.130. The van der Waals surface area contributed by atoms with Crippen molar-refractivity contribution in [1.82, 2.24) is 24.8 Å². The molecule has 0 aliphatic carbocycles. The van der Waals surface area contributed by atoms with Crippen molar-refractivity contribution in [2.75, 3.05) is 25.4 Å². The van der Waals surface area contributed by atoms with Gasteiger partial charge in [-0.3, -0.25) is 14.6 Å². The Hall–Kier alpha value is -1.85. The molecule has 0 aromatic carbocycles. The van der Waals surface area contributed by atoms with Crippen molar-refractivity contribution in [2.45, 2.75) is 25.8 Å². The molecule has 27 heavy (non-hydrogen) atoms. The zero-order chi connectivity index (χ0) is 18.8. The minimum Gasteiger partial charge on any atom is -0.344 e. The first kappa shape index (κ1) is 18.5. The molecule has 0 saturated carbocycles. The number of carbonyl (C=O) groups excluding carboxylic acids is 2. The molecule has 0 bridgehead atoms. The maximum atomic E-state index is 12.4. The number of carbonyl (C=O) groups is 2. The van der Waals surface area contributed by atoms with Crippen molar-refractivity contribution in [3.05, 3.63) is 16.8 Å². The van der Waals surface area contributed by atoms with Gasteiger partial charge in [-0.15, -0.1) is 28.2 Å². The monoisotopic (exact) mass is 422 g/mol. The summed E-state index contributed by atoms with van der Waals surface area (Å²) in [5.41, 5.74) is 1.18. The molecule has 1 atom stereocenters. The molecule has 1 fully saturated rings. The fraction of sp³-hybridized carbons (Fsp3) is 0.500. The Balaban J connectivity index is 1.33. The Morgan fingerprint density at radius 3 is 2.89 bits per heavy atom. The zero-order valence-corrected chi connectivity index (χ0v) is 17.1. The summed E-state index contributed by atoms with van der Waals surface area (Å²) in [5, 5.41) is 10.1. The Kier molecular flexibility index (Phi) is 5.50. The Morgan fingerprint density at radius 1 is 1.33 bits per heavy atom. The topological polar surface area (TPSA) is 100 Å². The first-order valence-electron chi connectivity index (χ1n) is 8.63. The summed E-state index contributed by atoms with van der Waals surface area (Å²) in [6, 6.07) is -0.312. The number of hydrogen-bond donors (Lipinski definition) is 1. The van der Waals surface area contributed by atoms with Crippen LogP contribution in [0.5, 0.6) is 0 Å². The van der Waals surface area contributed by atoms with Gasteiger partial charge in [0.1, 0.15) is 21.6 Å². The van der Waals surface area contributed by atoms with Gasteiger partial charge in [0.05, 0.1) is 17.3 Å². The van der Waals surface area contributed by atoms with Gasteiger partial charge in [0.25, 0.3) is 5.91 Å². The van der Waals surface area contributed by atoms with Crippen molar-refractivity contribution in [1.29, 1.82) is 0 Å². The molecular formula is C16H18N6O2S3. The lowest BCUT2D eigenvalue weighted by Gasteiger charge is -2.17. The highest BCUT2D eigenvalue weighted by molar-refractivity contribution is 8.14. The third-order valence-electron chi connectivity index (χ3n) is 4.39. The highest BCUT2D eigenvalue weighted by atomic mass is 32.2. The molecule has 142 valence electrons. The second-order valence-corrected chi connectivity index (χ2v) is 9.00. The molecule has 2 amide bonds. The number of nitrogens with one attached hydrogen (secondary N) is 1. The summed E-state index contributed by atoms with van der Waals surface area (Å²) >= 11 is 4.21. The normalized spacial score (nSPS) is 19.4. The molecule has 0 spiro atoms. The summed E-state index contributed by atoms with van der Waals surface area (Å²) in [5.74, 6) is 0.517. The van der Waals surface area contributed by atoms with Crippen LogP contribution in [0.1, 0.15) is 29.0 Å². The third kappa shape index (κ3) is 4.04. The van der Waals surface area contributed by atoms with Crippen molar-refractivity contribution in [3.8, 4) is 9.88 Å². The molecule has 2 aromatic heterocycles. The minimum atomic E-state index is -0.312. The second kappa shape index (κ2) is 8.03. The number of aliphatic imine (C=N–C) groups is 1. The van der Waals surface area contributed by atoms with Crippen molar-refractivity contribution >= 4 is 51.5 Å². The van der Waals surface area contributed by atoms with Crippen LogP contribution >= 0.6 is 34.6 Å². The third-order valence-corrected chi connectivity index (χ3v) is 7.28. The van der Waals surface area contributed by atoms with E-state index < -0.39 is 0 Å². The Labute approximate surface area is 168 Å². The van der Waals surface area contributed by atoms with Crippen LogP contribution in [-0.2, 0) is 4.79 Å². The smallest absolute Gasteiger partial charge is 0.271 e. The first-order chi connectivity index (χ1) is 13.1. The van der Waals surface area contributed by atoms with E-state index in [2.05, 4.69) is 24.9 Å². The van der Waals surface area contributed by atoms with Gasteiger partial charge >= 0.3 is 0 Å². The van der Waals surface area contributed by atoms with Gasteiger partial charge < -0.3 is 10.2 Å². The summed E-state index contributed by atoms with van der Waals surface area (Å²) in [6.45, 7) is 3.86. The van der Waals surface area contributed by atoms with Gasteiger partial charge in [0, 0.05) is 24.2 Å². The largest absolute Gasteiger partial charge is 0.344 e. The highest BCUT2D eigenvalue weighted by Gasteiger charge is 2.30. The number of thiazole rings is 1. The molecule has 4 rings (SSSR count). The van der Waals surface area contributed by atoms with Crippen LogP contribution in [0.25, 0.3) is 9.88 Å². The van der Waals surface area contributed by atoms with Gasteiger partial charge in [-0.05, 0) is 31.3 Å². The number of likely N-dealkylation sites (tertiary alicyclic amines) is 1. The summed E-state index contributed by atoms with van der Waals surface area (Å²) < 4.78 is 3.90. The van der Waals surface area contributed by atoms with Crippen LogP contribution < -0.4 is 5.32 Å². The van der Waals surface area contributed by atoms with E-state index in [4.69, 9.17) is 0 Å². The van der Waals surface area contributed by atoms with Crippen LogP contribution in [0.15, 0.2) is 10.4 Å². The molecule has 1 saturated heterocycles. The quantitative estimate of drug-likeness (QED) is 0.789. The Morgan fingerprint density at radius 2 is 2.15 bits per heavy atom. The fourth-order valence-electron chi connectivity index (χ4n) is 2.95. The van der Waals surface area contributed by atoms with Crippen LogP contribution in [0.2, 0.25) is 0 Å². The van der Waals surface area contributed by atoms with E-state index in [0.29, 0.717) is 18.0 Å². The lowest BCUT2D eigenvalue weighted by atomic mass is 10.3. The zero-order valence-electron chi connectivity index (χ0n) is 14.7. The van der Waals surface area contributed by atoms with E-state index >= 15 is 0 Å². The molecule has 2 aromatic rings. The molecule has 8 nitrogen and oxygen atoms in total. The summed E-state index contributed by atoms with van der Waals surface area (Å²) in [4.78, 5) is 36.4. The van der Waals surface area contributed by atoms with Crippen molar-refractivity contribution in [3.63, 3.8) is 0 Å². The van der Waals surface area contributed by atoms with Crippen molar-refractivity contribution in [2.24, 2.45) is 4.99 Å². The minimum absolute atomic E-state index is 0.110. The Bertz CT molecular complexity index is 886. The van der Waals surface area contributed by atoms with Crippen LogP contribution in [0.4, 0.5) is 0 Å². The van der Waals surface area contributed by atoms with Gasteiger partial charge in [0.2, 0.25) is 5.91 Å². The number of nitrogens with zero attached hydrogens (tertiary/aromatic N) is 5. The highest BCUT2D eigenvalue weighted by Crippen LogP contribution is 2.28. The maximum Gasteiger partial charge on any atom is 0.271 e. The predicted molar refractivity (Wildman–Crippen MR) is 108 cm³/mol. The number of thioether (sulfide) groups is 1. The van der Waals surface area contributed by atoms with Crippen LogP contribution in [-0.4, -0.2) is 67.8 Å². The van der Waals surface area contributed by atoms with Crippen LogP contribution in [0.3, 0.4) is 0 Å². The molecule has 1 N–H and O–H groups in total. The lowest BCUT2D eigenvalue weighted by Crippen LogP contribution is -2.36. The fourth-order valence-corrected chi connectivity index (χ4v) is 5.48. The van der Waals surface area contributed by atoms with Crippen LogP contribution in [0, 0.1) is 6.92 Å². The summed E-state index contributed by atoms with van der Waals surface area (Å²) in [7, 11) is 0. The number of aromatic nitrogens is 3. The second-order valence-electron chi connectivity index (χ2n) is 6.29. The molecule has 0 unspecified atom stereocenters. The van der Waals surface area contributed by atoms with E-state index in [1.54, 1.807) is 5.38 Å². The van der Waals surface area contributed by atoms with E-state index in [9.17, 15) is 9.59 Å². The predicted octanol–water partition coefficient (Wildman–Crippen LogP) is 1.84. The average Bonchev–Trinajstić information content (AvgIpc) is 3.46. The molecular weight excluding hydrogens is 404 g/mol. The number of amides is 2. The van der Waals surface area contributed by atoms with Gasteiger partial charge in [-0.1, -0.05) is 4.49 Å². The van der Waals surface area contributed by atoms with Gasteiger partial charge in [-0.25, -0.2) is 4.98 Å². The number of hydrogen-bond acceptors (Lipinski definition) is 9. The van der Waals surface area contributed by atoms with Gasteiger partial charge in [0.15, 0.2) is 0 Å². The maximum absolute atomic E-state index is 12.4. The summed E-state index contributed by atoms with van der Waals surface area (Å²) in [6.07, 6.45) is 2.15. The standard InChI is InChI=1S/C16H18N6O2S3/c1-9-13(27-21-20-9)15-19-10(7-26-15)14(23)17-6-12-18-11(8-25-12)16(24)22-4-2-3-5-22/h7,11H,2-6,8H2,1H3,(H,17,23)/t11-/m1/s1. The van der Waals surface area contributed by atoms with Crippen molar-refractivity contribution < 1.29 is 9.59 Å². The SMILES string of the molecule is Cc1nnsc1-c1nc(C(=O)NCC2=N[C@@H](C(=O)N3CCCC3)CS2)cs1. The molecule has 0 radical (unpaired) electrons. The molecule has 2 aliphatic heterocycles. The van der Waals surface area contributed by atoms with E-state index in [1.807, 2.05) is 11.8 Å². The van der Waals surface area contributed by atoms with Gasteiger partial charge in [-0.2, -0.15) is 0 Å². The van der Waals surface area contributed by atoms with E-state index in [0.717, 1.165) is 46.6 Å².